The van der Waals surface area contributed by atoms with Crippen LogP contribution >= 0.6 is 11.8 Å². The Labute approximate surface area is 200 Å². The summed E-state index contributed by atoms with van der Waals surface area (Å²) in [6.07, 6.45) is 0.885. The molecule has 2 atom stereocenters. The summed E-state index contributed by atoms with van der Waals surface area (Å²) in [4.78, 5) is 24.6. The molecule has 3 aromatic carbocycles. The van der Waals surface area contributed by atoms with Crippen LogP contribution in [0.4, 0.5) is 5.69 Å². The molecule has 0 spiro atoms. The number of hydrogen-bond donors (Lipinski definition) is 1. The minimum atomic E-state index is -0.588. The second-order valence-corrected chi connectivity index (χ2v) is 9.03. The lowest BCUT2D eigenvalue weighted by Gasteiger charge is -2.33. The molecule has 0 bridgehead atoms. The second-order valence-electron chi connectivity index (χ2n) is 7.92. The summed E-state index contributed by atoms with van der Waals surface area (Å²) in [5.41, 5.74) is 6.59. The predicted octanol–water partition coefficient (Wildman–Crippen LogP) is 5.06. The molecule has 1 aliphatic rings. The zero-order valence-electron chi connectivity index (χ0n) is 18.3. The number of benzene rings is 3. The normalized spacial score (nSPS) is 17.0. The van der Waals surface area contributed by atoms with Crippen LogP contribution in [0.1, 0.15) is 34.5 Å². The number of thioether (sulfide) groups is 1. The Balaban J connectivity index is 1.58. The van der Waals surface area contributed by atoms with E-state index in [4.69, 9.17) is 0 Å². The van der Waals surface area contributed by atoms with Gasteiger partial charge in [0.25, 0.3) is 5.69 Å². The second kappa shape index (κ2) is 9.11. The van der Waals surface area contributed by atoms with Crippen molar-refractivity contribution in [1.82, 2.24) is 14.9 Å². The van der Waals surface area contributed by atoms with Crippen LogP contribution in [0.2, 0.25) is 0 Å². The van der Waals surface area contributed by atoms with Crippen molar-refractivity contribution in [2.24, 2.45) is 0 Å². The van der Waals surface area contributed by atoms with Crippen LogP contribution in [0.5, 0.6) is 0 Å². The fourth-order valence-electron chi connectivity index (χ4n) is 3.98. The standard InChI is InChI=1S/C25H21N5O3S/c1-2-16-11-13-17(14-12-16)22(31)23-21(19-9-6-10-20(15-19)30(32)33)28-29-24(26-27-25(29)34-23)18-7-4-3-5-8-18/h3-15,21,23,28H,2H2,1H3/t21-,23+/m0/s1. The van der Waals surface area contributed by atoms with Crippen molar-refractivity contribution in [2.75, 3.05) is 5.43 Å². The SMILES string of the molecule is CCc1ccc(C(=O)[C@@H]2Sc3nnc(-c4ccccc4)n3N[C@H]2c2cccc([N+](=O)[O-])c2)cc1. The molecule has 1 aromatic heterocycles. The van der Waals surface area contributed by atoms with Crippen molar-refractivity contribution in [3.63, 3.8) is 0 Å². The first-order valence-corrected chi connectivity index (χ1v) is 11.7. The average molecular weight is 472 g/mol. The topological polar surface area (TPSA) is 103 Å². The molecule has 2 heterocycles. The van der Waals surface area contributed by atoms with Gasteiger partial charge < -0.3 is 5.43 Å². The quantitative estimate of drug-likeness (QED) is 0.238. The van der Waals surface area contributed by atoms with E-state index in [-0.39, 0.29) is 11.5 Å². The molecule has 0 saturated heterocycles. The van der Waals surface area contributed by atoms with E-state index in [1.807, 2.05) is 54.6 Å². The number of Topliss-reactive ketones (excluding diaryl/α,β-unsaturated/α-hetero) is 1. The number of nitrogens with one attached hydrogen (secondary N) is 1. The summed E-state index contributed by atoms with van der Waals surface area (Å²) in [6, 6.07) is 23.0. The van der Waals surface area contributed by atoms with Crippen LogP contribution in [0, 0.1) is 10.1 Å². The molecule has 4 aromatic rings. The summed E-state index contributed by atoms with van der Waals surface area (Å²) in [7, 11) is 0. The van der Waals surface area contributed by atoms with Crippen molar-refractivity contribution in [3.05, 3.63) is 106 Å². The first-order chi connectivity index (χ1) is 16.5. The van der Waals surface area contributed by atoms with Gasteiger partial charge in [-0.1, -0.05) is 85.4 Å². The molecule has 9 heteroatoms. The van der Waals surface area contributed by atoms with Crippen molar-refractivity contribution in [3.8, 4) is 11.4 Å². The smallest absolute Gasteiger partial charge is 0.269 e. The number of aryl methyl sites for hydroxylation is 1. The number of non-ortho nitro benzene ring substituents is 1. The average Bonchev–Trinajstić information content (AvgIpc) is 3.31. The maximum Gasteiger partial charge on any atom is 0.269 e. The van der Waals surface area contributed by atoms with E-state index in [1.54, 1.807) is 16.8 Å². The molecule has 0 aliphatic carbocycles. The molecular formula is C25H21N5O3S. The Morgan fingerprint density at radius 2 is 1.82 bits per heavy atom. The highest BCUT2D eigenvalue weighted by Crippen LogP contribution is 2.40. The van der Waals surface area contributed by atoms with Crippen LogP contribution < -0.4 is 5.43 Å². The summed E-state index contributed by atoms with van der Waals surface area (Å²) >= 11 is 1.31. The number of fused-ring (bicyclic) bond motifs is 1. The van der Waals surface area contributed by atoms with E-state index in [1.165, 1.54) is 23.9 Å². The van der Waals surface area contributed by atoms with E-state index in [2.05, 4.69) is 22.5 Å². The van der Waals surface area contributed by atoms with E-state index >= 15 is 0 Å². The number of carbonyl (C=O) groups excluding carboxylic acids is 1. The Bertz CT molecular complexity index is 1350. The lowest BCUT2D eigenvalue weighted by atomic mass is 9.96. The third-order valence-corrected chi connectivity index (χ3v) is 7.03. The minimum absolute atomic E-state index is 0.0272. The number of aromatic nitrogens is 3. The maximum atomic E-state index is 13.6. The molecule has 34 heavy (non-hydrogen) atoms. The van der Waals surface area contributed by atoms with Gasteiger partial charge in [0.15, 0.2) is 11.6 Å². The molecular weight excluding hydrogens is 450 g/mol. The van der Waals surface area contributed by atoms with Gasteiger partial charge in [-0.3, -0.25) is 14.9 Å². The first kappa shape index (κ1) is 21.8. The van der Waals surface area contributed by atoms with Gasteiger partial charge in [-0.2, -0.15) is 0 Å². The Morgan fingerprint density at radius 1 is 1.06 bits per heavy atom. The Kier molecular flexibility index (Phi) is 5.85. The number of rotatable bonds is 6. The van der Waals surface area contributed by atoms with Crippen LogP contribution in [0.15, 0.2) is 84.0 Å². The van der Waals surface area contributed by atoms with Crippen molar-refractivity contribution >= 4 is 23.2 Å². The van der Waals surface area contributed by atoms with Gasteiger partial charge in [-0.05, 0) is 17.5 Å². The molecule has 0 unspecified atom stereocenters. The number of nitro benzene ring substituents is 1. The highest BCUT2D eigenvalue weighted by atomic mass is 32.2. The van der Waals surface area contributed by atoms with Crippen LogP contribution in [0.25, 0.3) is 11.4 Å². The molecule has 170 valence electrons. The minimum Gasteiger partial charge on any atom is -0.313 e. The fraction of sp³-hybridized carbons (Fsp3) is 0.160. The van der Waals surface area contributed by atoms with Crippen LogP contribution in [0.3, 0.4) is 0 Å². The highest BCUT2D eigenvalue weighted by Gasteiger charge is 2.38. The van der Waals surface area contributed by atoms with Crippen molar-refractivity contribution in [2.45, 2.75) is 29.8 Å². The first-order valence-electron chi connectivity index (χ1n) is 10.9. The molecule has 0 radical (unpaired) electrons. The zero-order valence-corrected chi connectivity index (χ0v) is 19.1. The van der Waals surface area contributed by atoms with Crippen LogP contribution in [-0.4, -0.2) is 30.8 Å². The third kappa shape index (κ3) is 4.06. The van der Waals surface area contributed by atoms with E-state index in [9.17, 15) is 14.9 Å². The predicted molar refractivity (Wildman–Crippen MR) is 130 cm³/mol. The van der Waals surface area contributed by atoms with E-state index in [0.29, 0.717) is 22.1 Å². The van der Waals surface area contributed by atoms with Gasteiger partial charge in [0.1, 0.15) is 5.25 Å². The lowest BCUT2D eigenvalue weighted by Crippen LogP contribution is -2.39. The number of nitro groups is 1. The zero-order chi connectivity index (χ0) is 23.7. The lowest BCUT2D eigenvalue weighted by molar-refractivity contribution is -0.384. The monoisotopic (exact) mass is 471 g/mol. The maximum absolute atomic E-state index is 13.6. The number of ketones is 1. The molecule has 0 amide bonds. The largest absolute Gasteiger partial charge is 0.313 e. The molecule has 1 aliphatic heterocycles. The summed E-state index contributed by atoms with van der Waals surface area (Å²) < 4.78 is 1.76. The van der Waals surface area contributed by atoms with Gasteiger partial charge in [0, 0.05) is 23.3 Å². The molecule has 1 N–H and O–H groups in total. The Morgan fingerprint density at radius 3 is 2.53 bits per heavy atom. The van der Waals surface area contributed by atoms with Gasteiger partial charge >= 0.3 is 0 Å². The molecule has 0 saturated carbocycles. The molecule has 0 fully saturated rings. The Hall–Kier alpha value is -3.98. The van der Waals surface area contributed by atoms with Crippen molar-refractivity contribution in [1.29, 1.82) is 0 Å². The van der Waals surface area contributed by atoms with E-state index < -0.39 is 16.2 Å². The van der Waals surface area contributed by atoms with E-state index in [0.717, 1.165) is 17.5 Å². The molecule has 5 rings (SSSR count). The van der Waals surface area contributed by atoms with Crippen LogP contribution in [-0.2, 0) is 6.42 Å². The van der Waals surface area contributed by atoms with Crippen molar-refractivity contribution < 1.29 is 9.72 Å². The summed E-state index contributed by atoms with van der Waals surface area (Å²) in [5.74, 6) is 0.531. The summed E-state index contributed by atoms with van der Waals surface area (Å²) in [5, 5.41) is 20.0. The molecule has 8 nitrogen and oxygen atoms in total. The van der Waals surface area contributed by atoms with Gasteiger partial charge in [0.2, 0.25) is 5.16 Å². The highest BCUT2D eigenvalue weighted by molar-refractivity contribution is 8.00. The number of hydrogen-bond acceptors (Lipinski definition) is 7. The fourth-order valence-corrected chi connectivity index (χ4v) is 5.14. The van der Waals surface area contributed by atoms with Gasteiger partial charge in [-0.15, -0.1) is 10.2 Å². The number of carbonyl (C=O) groups is 1. The third-order valence-electron chi connectivity index (χ3n) is 5.81. The summed E-state index contributed by atoms with van der Waals surface area (Å²) in [6.45, 7) is 2.06. The number of nitrogens with zero attached hydrogens (tertiary/aromatic N) is 4. The van der Waals surface area contributed by atoms with Gasteiger partial charge in [0.05, 0.1) is 11.0 Å². The van der Waals surface area contributed by atoms with Gasteiger partial charge in [-0.25, -0.2) is 4.68 Å².